The van der Waals surface area contributed by atoms with E-state index < -0.39 is 0 Å². The van der Waals surface area contributed by atoms with Crippen molar-refractivity contribution in [1.82, 2.24) is 14.4 Å². The van der Waals surface area contributed by atoms with Crippen LogP contribution in [-0.2, 0) is 0 Å². The summed E-state index contributed by atoms with van der Waals surface area (Å²) in [6.45, 7) is 3.94. The van der Waals surface area contributed by atoms with E-state index in [1.54, 1.807) is 18.6 Å². The summed E-state index contributed by atoms with van der Waals surface area (Å²) in [4.78, 5) is 8.19. The fraction of sp³-hybridized carbons (Fsp3) is 0.111. The van der Waals surface area contributed by atoms with E-state index in [1.165, 1.54) is 0 Å². The molecular weight excluding hydrogens is 230 g/mol. The van der Waals surface area contributed by atoms with E-state index >= 15 is 0 Å². The van der Waals surface area contributed by atoms with Crippen molar-refractivity contribution in [2.24, 2.45) is 0 Å². The highest BCUT2D eigenvalue weighted by molar-refractivity contribution is 9.09. The molecule has 0 radical (unpaired) electrons. The summed E-state index contributed by atoms with van der Waals surface area (Å²) >= 11 is 3.37. The van der Waals surface area contributed by atoms with Crippen LogP contribution in [-0.4, -0.2) is 19.7 Å². The van der Waals surface area contributed by atoms with Gasteiger partial charge in [0, 0.05) is 17.7 Å². The van der Waals surface area contributed by atoms with E-state index in [-0.39, 0.29) is 0 Å². The van der Waals surface area contributed by atoms with Crippen molar-refractivity contribution < 1.29 is 0 Å². The van der Waals surface area contributed by atoms with Gasteiger partial charge in [0.15, 0.2) is 5.65 Å². The minimum atomic E-state index is 0.753. The van der Waals surface area contributed by atoms with Crippen LogP contribution in [0.4, 0.5) is 0 Å². The highest BCUT2D eigenvalue weighted by atomic mass is 79.9. The van der Waals surface area contributed by atoms with Crippen molar-refractivity contribution in [2.45, 2.75) is 0 Å². The molecule has 0 saturated carbocycles. The number of rotatable bonds is 2. The number of halogens is 1. The van der Waals surface area contributed by atoms with Gasteiger partial charge in [-0.3, -0.25) is 9.38 Å². The van der Waals surface area contributed by atoms with E-state index in [9.17, 15) is 0 Å². The number of aromatic nitrogens is 3. The predicted octanol–water partition coefficient (Wildman–Crippen LogP) is 2.14. The van der Waals surface area contributed by atoms with Crippen molar-refractivity contribution in [3.05, 3.63) is 37.1 Å². The van der Waals surface area contributed by atoms with Gasteiger partial charge in [0.05, 0.1) is 18.1 Å². The molecule has 0 fully saturated rings. The molecule has 0 N–H and O–H groups in total. The smallest absolute Gasteiger partial charge is 0.155 e. The number of hydrogen-bond donors (Lipinski definition) is 0. The highest BCUT2D eigenvalue weighted by Crippen LogP contribution is 2.15. The molecule has 0 amide bonds. The van der Waals surface area contributed by atoms with Gasteiger partial charge in [-0.25, -0.2) is 4.98 Å². The molecule has 13 heavy (non-hydrogen) atoms. The monoisotopic (exact) mass is 237 g/mol. The predicted molar refractivity (Wildman–Crippen MR) is 55.8 cm³/mol. The fourth-order valence-electron chi connectivity index (χ4n) is 1.17. The number of fused-ring (bicyclic) bond motifs is 1. The number of allylic oxidation sites excluding steroid dienone is 1. The minimum absolute atomic E-state index is 0.753. The molecule has 2 rings (SSSR count). The molecule has 0 atom stereocenters. The summed E-state index contributed by atoms with van der Waals surface area (Å²) in [5.41, 5.74) is 2.88. The SMILES string of the molecule is C=C(CBr)c1cnc2cnccn12. The molecule has 0 aliphatic heterocycles. The Morgan fingerprint density at radius 1 is 1.54 bits per heavy atom. The van der Waals surface area contributed by atoms with Gasteiger partial charge in [-0.15, -0.1) is 0 Å². The number of imidazole rings is 1. The Bertz CT molecular complexity index is 447. The normalized spacial score (nSPS) is 10.5. The first-order valence-electron chi connectivity index (χ1n) is 3.84. The molecule has 2 aromatic heterocycles. The molecule has 0 aliphatic rings. The van der Waals surface area contributed by atoms with Crippen LogP contribution in [0.15, 0.2) is 31.4 Å². The first-order valence-corrected chi connectivity index (χ1v) is 4.96. The lowest BCUT2D eigenvalue weighted by molar-refractivity contribution is 1.11. The summed E-state index contributed by atoms with van der Waals surface area (Å²) in [6.07, 6.45) is 7.15. The van der Waals surface area contributed by atoms with Gasteiger partial charge in [-0.05, 0) is 5.57 Å². The fourth-order valence-corrected chi connectivity index (χ4v) is 1.46. The topological polar surface area (TPSA) is 30.2 Å². The Kier molecular flexibility index (Phi) is 2.14. The first kappa shape index (κ1) is 8.44. The Labute approximate surface area is 84.3 Å². The third kappa shape index (κ3) is 1.37. The molecule has 0 aliphatic carbocycles. The lowest BCUT2D eigenvalue weighted by Crippen LogP contribution is -1.91. The van der Waals surface area contributed by atoms with Crippen molar-refractivity contribution >= 4 is 27.2 Å². The number of nitrogens with zero attached hydrogens (tertiary/aromatic N) is 3. The Hall–Kier alpha value is -1.16. The molecule has 66 valence electrons. The molecular formula is C9H8BrN3. The average Bonchev–Trinajstić information content (AvgIpc) is 2.60. The largest absolute Gasteiger partial charge is 0.297 e. The molecule has 0 unspecified atom stereocenters. The summed E-state index contributed by atoms with van der Waals surface area (Å²) in [5, 5.41) is 0.753. The van der Waals surface area contributed by atoms with Crippen molar-refractivity contribution in [3.63, 3.8) is 0 Å². The summed E-state index contributed by atoms with van der Waals surface area (Å²) < 4.78 is 1.97. The van der Waals surface area contributed by atoms with Gasteiger partial charge in [0.2, 0.25) is 0 Å². The molecule has 0 bridgehead atoms. The quantitative estimate of drug-likeness (QED) is 0.750. The van der Waals surface area contributed by atoms with Crippen LogP contribution in [0.25, 0.3) is 11.2 Å². The Morgan fingerprint density at radius 3 is 3.15 bits per heavy atom. The van der Waals surface area contributed by atoms with Crippen LogP contribution >= 0.6 is 15.9 Å². The molecule has 0 aromatic carbocycles. The third-order valence-electron chi connectivity index (χ3n) is 1.84. The molecule has 0 spiro atoms. The van der Waals surface area contributed by atoms with Crippen molar-refractivity contribution in [2.75, 3.05) is 5.33 Å². The van der Waals surface area contributed by atoms with E-state index in [2.05, 4.69) is 32.5 Å². The Morgan fingerprint density at radius 2 is 2.38 bits per heavy atom. The number of alkyl halides is 1. The van der Waals surface area contributed by atoms with Gasteiger partial charge in [-0.1, -0.05) is 22.5 Å². The minimum Gasteiger partial charge on any atom is -0.297 e. The van der Waals surface area contributed by atoms with E-state index in [0.29, 0.717) is 0 Å². The summed E-state index contributed by atoms with van der Waals surface area (Å²) in [7, 11) is 0. The van der Waals surface area contributed by atoms with Crippen LogP contribution < -0.4 is 0 Å². The van der Waals surface area contributed by atoms with Crippen molar-refractivity contribution in [1.29, 1.82) is 0 Å². The zero-order valence-corrected chi connectivity index (χ0v) is 8.53. The summed E-state index contributed by atoms with van der Waals surface area (Å²) in [5.74, 6) is 0. The maximum atomic E-state index is 4.21. The van der Waals surface area contributed by atoms with Gasteiger partial charge in [-0.2, -0.15) is 0 Å². The second-order valence-electron chi connectivity index (χ2n) is 2.69. The van der Waals surface area contributed by atoms with Crippen LogP contribution in [0.3, 0.4) is 0 Å². The second kappa shape index (κ2) is 3.30. The zero-order chi connectivity index (χ0) is 9.26. The average molecular weight is 238 g/mol. The van der Waals surface area contributed by atoms with E-state index in [0.717, 1.165) is 22.2 Å². The molecule has 2 heterocycles. The standard InChI is InChI=1S/C9H8BrN3/c1-7(4-10)8-5-12-9-6-11-2-3-13(8)9/h2-3,5-6H,1,4H2. The van der Waals surface area contributed by atoms with Gasteiger partial charge in [0.1, 0.15) is 0 Å². The lowest BCUT2D eigenvalue weighted by Gasteiger charge is -2.00. The Balaban J connectivity index is 2.64. The maximum absolute atomic E-state index is 4.21. The molecule has 2 aromatic rings. The van der Waals surface area contributed by atoms with Crippen LogP contribution in [0.1, 0.15) is 5.69 Å². The first-order chi connectivity index (χ1) is 6.33. The van der Waals surface area contributed by atoms with Crippen LogP contribution in [0, 0.1) is 0 Å². The maximum Gasteiger partial charge on any atom is 0.155 e. The number of hydrogen-bond acceptors (Lipinski definition) is 2. The van der Waals surface area contributed by atoms with E-state index in [4.69, 9.17) is 0 Å². The van der Waals surface area contributed by atoms with E-state index in [1.807, 2.05) is 10.6 Å². The highest BCUT2D eigenvalue weighted by Gasteiger charge is 2.04. The third-order valence-corrected chi connectivity index (χ3v) is 2.52. The van der Waals surface area contributed by atoms with Gasteiger partial charge < -0.3 is 0 Å². The van der Waals surface area contributed by atoms with Crippen molar-refractivity contribution in [3.8, 4) is 0 Å². The lowest BCUT2D eigenvalue weighted by atomic mass is 10.3. The second-order valence-corrected chi connectivity index (χ2v) is 3.25. The van der Waals surface area contributed by atoms with Gasteiger partial charge >= 0.3 is 0 Å². The van der Waals surface area contributed by atoms with Crippen LogP contribution in [0.2, 0.25) is 0 Å². The van der Waals surface area contributed by atoms with Gasteiger partial charge in [0.25, 0.3) is 0 Å². The molecule has 3 nitrogen and oxygen atoms in total. The molecule has 0 saturated heterocycles. The molecule has 4 heteroatoms. The summed E-state index contributed by atoms with van der Waals surface area (Å²) in [6, 6.07) is 0. The van der Waals surface area contributed by atoms with Crippen LogP contribution in [0.5, 0.6) is 0 Å². The zero-order valence-electron chi connectivity index (χ0n) is 6.94.